The molecule has 3 aromatic rings. The smallest absolute Gasteiger partial charge is 0.328 e. The first-order chi connectivity index (χ1) is 16.5. The highest BCUT2D eigenvalue weighted by molar-refractivity contribution is 6.45. The molecule has 1 N–H and O–H groups in total. The van der Waals surface area contributed by atoms with Crippen molar-refractivity contribution in [1.82, 2.24) is 14.3 Å². The SMILES string of the molecule is CC(C)(C)OC(=O)Cn1c(/C=C/C(=O)O)c(-c2cnn(C3CCCCO3)c2)c2ccc(Cl)c(Cl)c21. The van der Waals surface area contributed by atoms with Crippen LogP contribution in [0.15, 0.2) is 30.6 Å². The average molecular weight is 520 g/mol. The summed E-state index contributed by atoms with van der Waals surface area (Å²) < 4.78 is 14.8. The number of fused-ring (bicyclic) bond motifs is 1. The molecule has 0 saturated carbocycles. The Bertz CT molecular complexity index is 1300. The van der Waals surface area contributed by atoms with E-state index < -0.39 is 17.5 Å². The lowest BCUT2D eigenvalue weighted by molar-refractivity contribution is -0.155. The second kappa shape index (κ2) is 10.0. The highest BCUT2D eigenvalue weighted by Crippen LogP contribution is 2.42. The summed E-state index contributed by atoms with van der Waals surface area (Å²) in [5.41, 5.74) is 1.70. The molecule has 35 heavy (non-hydrogen) atoms. The van der Waals surface area contributed by atoms with Crippen molar-refractivity contribution in [1.29, 1.82) is 0 Å². The molecule has 8 nitrogen and oxygen atoms in total. The standard InChI is InChI=1S/C25H27Cl2N3O5/c1-25(2,3)35-21(33)14-29-18(9-10-20(31)32)22(16-7-8-17(26)23(27)24(16)29)15-12-28-30(13-15)19-6-4-5-11-34-19/h7-10,12-13,19H,4-6,11,14H2,1-3H3,(H,31,32)/b10-9+. The Hall–Kier alpha value is -2.81. The Balaban J connectivity index is 1.91. The number of rotatable bonds is 6. The molecule has 186 valence electrons. The molecule has 1 aliphatic rings. The second-order valence-corrected chi connectivity index (χ2v) is 10.2. The molecule has 2 aromatic heterocycles. The fourth-order valence-corrected chi connectivity index (χ4v) is 4.67. The first-order valence-corrected chi connectivity index (χ1v) is 12.1. The number of carboxylic acids is 1. The number of carboxylic acid groups (broad SMARTS) is 1. The fourth-order valence-electron chi connectivity index (χ4n) is 4.25. The number of carbonyl (C=O) groups excluding carboxylic acids is 1. The van der Waals surface area contributed by atoms with Gasteiger partial charge in [-0.3, -0.25) is 4.79 Å². The van der Waals surface area contributed by atoms with Crippen LogP contribution in [0.25, 0.3) is 28.1 Å². The van der Waals surface area contributed by atoms with Crippen LogP contribution in [-0.2, 0) is 25.6 Å². The molecular formula is C25H27Cl2N3O5. The summed E-state index contributed by atoms with van der Waals surface area (Å²) >= 11 is 13.0. The lowest BCUT2D eigenvalue weighted by Crippen LogP contribution is -2.26. The molecule has 1 aromatic carbocycles. The first-order valence-electron chi connectivity index (χ1n) is 11.3. The normalized spacial score (nSPS) is 16.8. The third-order valence-corrected chi connectivity index (χ3v) is 6.38. The predicted octanol–water partition coefficient (Wildman–Crippen LogP) is 5.95. The van der Waals surface area contributed by atoms with Gasteiger partial charge in [-0.2, -0.15) is 5.10 Å². The van der Waals surface area contributed by atoms with Gasteiger partial charge in [0.25, 0.3) is 0 Å². The molecule has 0 amide bonds. The minimum Gasteiger partial charge on any atom is -0.478 e. The zero-order valence-electron chi connectivity index (χ0n) is 19.8. The zero-order valence-corrected chi connectivity index (χ0v) is 21.3. The van der Waals surface area contributed by atoms with Gasteiger partial charge >= 0.3 is 11.9 Å². The summed E-state index contributed by atoms with van der Waals surface area (Å²) in [4.78, 5) is 24.2. The van der Waals surface area contributed by atoms with Gasteiger partial charge < -0.3 is 19.1 Å². The van der Waals surface area contributed by atoms with E-state index in [9.17, 15) is 14.7 Å². The predicted molar refractivity (Wildman–Crippen MR) is 135 cm³/mol. The highest BCUT2D eigenvalue weighted by atomic mass is 35.5. The van der Waals surface area contributed by atoms with Gasteiger partial charge in [0.1, 0.15) is 18.4 Å². The Morgan fingerprint density at radius 2 is 2.06 bits per heavy atom. The van der Waals surface area contributed by atoms with E-state index in [1.54, 1.807) is 48.3 Å². The van der Waals surface area contributed by atoms with Crippen LogP contribution in [0.1, 0.15) is 52.0 Å². The second-order valence-electron chi connectivity index (χ2n) is 9.39. The lowest BCUT2D eigenvalue weighted by Gasteiger charge is -2.22. The van der Waals surface area contributed by atoms with E-state index in [1.165, 1.54) is 6.08 Å². The van der Waals surface area contributed by atoms with E-state index in [0.29, 0.717) is 33.8 Å². The number of hydrogen-bond acceptors (Lipinski definition) is 5. The van der Waals surface area contributed by atoms with Gasteiger partial charge in [-0.05, 0) is 52.2 Å². The highest BCUT2D eigenvalue weighted by Gasteiger charge is 2.26. The monoisotopic (exact) mass is 519 g/mol. The van der Waals surface area contributed by atoms with Gasteiger partial charge in [-0.1, -0.05) is 29.3 Å². The van der Waals surface area contributed by atoms with Crippen LogP contribution >= 0.6 is 23.2 Å². The topological polar surface area (TPSA) is 95.6 Å². The number of aliphatic carboxylic acids is 1. The van der Waals surface area contributed by atoms with Gasteiger partial charge in [0.15, 0.2) is 0 Å². The molecule has 1 unspecified atom stereocenters. The summed E-state index contributed by atoms with van der Waals surface area (Å²) in [5.74, 6) is -1.62. The average Bonchev–Trinajstić information content (AvgIpc) is 3.37. The van der Waals surface area contributed by atoms with Crippen LogP contribution in [0.5, 0.6) is 0 Å². The number of benzene rings is 1. The van der Waals surface area contributed by atoms with E-state index in [4.69, 9.17) is 32.7 Å². The Morgan fingerprint density at radius 3 is 2.71 bits per heavy atom. The molecule has 1 saturated heterocycles. The summed E-state index contributed by atoms with van der Waals surface area (Å²) in [6.45, 7) is 5.82. The Morgan fingerprint density at radius 1 is 1.29 bits per heavy atom. The molecule has 0 bridgehead atoms. The van der Waals surface area contributed by atoms with Crippen molar-refractivity contribution in [2.24, 2.45) is 0 Å². The largest absolute Gasteiger partial charge is 0.478 e. The Labute approximate surface area is 213 Å². The molecular weight excluding hydrogens is 493 g/mol. The van der Waals surface area contributed by atoms with E-state index >= 15 is 0 Å². The molecule has 0 radical (unpaired) electrons. The van der Waals surface area contributed by atoms with E-state index in [2.05, 4.69) is 5.10 Å². The summed E-state index contributed by atoms with van der Waals surface area (Å²) in [7, 11) is 0. The summed E-state index contributed by atoms with van der Waals surface area (Å²) in [5, 5.41) is 15.1. The van der Waals surface area contributed by atoms with Crippen LogP contribution in [0.3, 0.4) is 0 Å². The van der Waals surface area contributed by atoms with Crippen molar-refractivity contribution in [2.75, 3.05) is 6.61 Å². The number of carbonyl (C=O) groups is 2. The van der Waals surface area contributed by atoms with Crippen molar-refractivity contribution >= 4 is 52.1 Å². The number of hydrogen-bond donors (Lipinski definition) is 1. The van der Waals surface area contributed by atoms with Crippen LogP contribution in [0, 0.1) is 0 Å². The number of halogens is 2. The Kier molecular flexibility index (Phi) is 7.26. The third-order valence-electron chi connectivity index (χ3n) is 5.59. The maximum atomic E-state index is 12.8. The van der Waals surface area contributed by atoms with Crippen LogP contribution < -0.4 is 0 Å². The third kappa shape index (κ3) is 5.55. The molecule has 0 aliphatic carbocycles. The van der Waals surface area contributed by atoms with Crippen molar-refractivity contribution in [3.05, 3.63) is 46.3 Å². The molecule has 0 spiro atoms. The molecule has 10 heteroatoms. The van der Waals surface area contributed by atoms with Gasteiger partial charge in [-0.15, -0.1) is 0 Å². The maximum absolute atomic E-state index is 12.8. The van der Waals surface area contributed by atoms with Crippen molar-refractivity contribution in [3.8, 4) is 11.1 Å². The van der Waals surface area contributed by atoms with E-state index in [1.807, 2.05) is 6.20 Å². The first kappa shape index (κ1) is 25.3. The molecule has 3 heterocycles. The summed E-state index contributed by atoms with van der Waals surface area (Å²) in [6, 6.07) is 3.48. The number of aromatic nitrogens is 3. The lowest BCUT2D eigenvalue weighted by atomic mass is 10.0. The molecule has 1 fully saturated rings. The molecule has 1 aliphatic heterocycles. The molecule has 1 atom stereocenters. The van der Waals surface area contributed by atoms with Crippen LogP contribution in [0.2, 0.25) is 10.0 Å². The summed E-state index contributed by atoms with van der Waals surface area (Å²) in [6.07, 6.45) is 8.79. The van der Waals surface area contributed by atoms with Crippen molar-refractivity contribution in [3.63, 3.8) is 0 Å². The van der Waals surface area contributed by atoms with E-state index in [0.717, 1.165) is 30.9 Å². The minimum absolute atomic E-state index is 0.163. The van der Waals surface area contributed by atoms with Crippen LogP contribution in [-0.4, -0.2) is 43.6 Å². The van der Waals surface area contributed by atoms with Gasteiger partial charge in [-0.25, -0.2) is 9.48 Å². The van der Waals surface area contributed by atoms with Crippen molar-refractivity contribution in [2.45, 2.75) is 58.4 Å². The van der Waals surface area contributed by atoms with Crippen molar-refractivity contribution < 1.29 is 24.2 Å². The molecule has 4 rings (SSSR count). The number of ether oxygens (including phenoxy) is 2. The number of nitrogens with zero attached hydrogens (tertiary/aromatic N) is 3. The quantitative estimate of drug-likeness (QED) is 0.319. The van der Waals surface area contributed by atoms with Gasteiger partial charge in [0, 0.05) is 35.4 Å². The number of esters is 1. The zero-order chi connectivity index (χ0) is 25.3. The minimum atomic E-state index is -1.12. The van der Waals surface area contributed by atoms with Crippen LogP contribution in [0.4, 0.5) is 0 Å². The van der Waals surface area contributed by atoms with Gasteiger partial charge in [0.2, 0.25) is 0 Å². The van der Waals surface area contributed by atoms with E-state index in [-0.39, 0.29) is 17.8 Å². The fraction of sp³-hybridized carbons (Fsp3) is 0.400. The van der Waals surface area contributed by atoms with Gasteiger partial charge in [0.05, 0.1) is 27.5 Å². The maximum Gasteiger partial charge on any atom is 0.328 e.